The summed E-state index contributed by atoms with van der Waals surface area (Å²) in [5, 5.41) is 0.873. The van der Waals surface area contributed by atoms with E-state index >= 15 is 0 Å². The Morgan fingerprint density at radius 3 is 2.30 bits per heavy atom. The lowest BCUT2D eigenvalue weighted by molar-refractivity contribution is 0.103. The minimum Gasteiger partial charge on any atom is -0.497 e. The van der Waals surface area contributed by atoms with Crippen LogP contribution < -0.4 is 9.47 Å². The molecule has 0 aliphatic heterocycles. The van der Waals surface area contributed by atoms with Gasteiger partial charge in [0.25, 0.3) is 0 Å². The fourth-order valence-corrected chi connectivity index (χ4v) is 2.54. The standard InChI is InChI=1S/C19H18O4/c1-4-14-9-13-10-16(22-3)11-17(19(13)23-14)18(20)12-5-7-15(21-2)8-6-12/h5-11H,4H2,1-3H3. The van der Waals surface area contributed by atoms with E-state index < -0.39 is 0 Å². The summed E-state index contributed by atoms with van der Waals surface area (Å²) in [6.45, 7) is 2.01. The van der Waals surface area contributed by atoms with Gasteiger partial charge in [0.1, 0.15) is 22.8 Å². The monoisotopic (exact) mass is 310 g/mol. The Labute approximate surface area is 134 Å². The van der Waals surface area contributed by atoms with Crippen molar-refractivity contribution in [1.82, 2.24) is 0 Å². The largest absolute Gasteiger partial charge is 0.497 e. The first-order chi connectivity index (χ1) is 11.2. The average Bonchev–Trinajstić information content (AvgIpc) is 3.03. The van der Waals surface area contributed by atoms with Gasteiger partial charge in [-0.3, -0.25) is 4.79 Å². The van der Waals surface area contributed by atoms with Crippen LogP contribution in [-0.2, 0) is 6.42 Å². The fraction of sp³-hybridized carbons (Fsp3) is 0.211. The highest BCUT2D eigenvalue weighted by atomic mass is 16.5. The molecule has 0 fully saturated rings. The lowest BCUT2D eigenvalue weighted by atomic mass is 10.0. The molecule has 118 valence electrons. The summed E-state index contributed by atoms with van der Waals surface area (Å²) >= 11 is 0. The quantitative estimate of drug-likeness (QED) is 0.661. The molecule has 0 amide bonds. The number of carbonyl (C=O) groups excluding carboxylic acids is 1. The van der Waals surface area contributed by atoms with Gasteiger partial charge in [-0.1, -0.05) is 6.92 Å². The minimum atomic E-state index is -0.103. The summed E-state index contributed by atoms with van der Waals surface area (Å²) in [4.78, 5) is 12.9. The van der Waals surface area contributed by atoms with Crippen molar-refractivity contribution < 1.29 is 18.7 Å². The molecule has 0 saturated heterocycles. The number of hydrogen-bond donors (Lipinski definition) is 0. The molecular weight excluding hydrogens is 292 g/mol. The highest BCUT2D eigenvalue weighted by Gasteiger charge is 2.18. The van der Waals surface area contributed by atoms with Gasteiger partial charge in [0.15, 0.2) is 5.78 Å². The molecule has 23 heavy (non-hydrogen) atoms. The first-order valence-electron chi connectivity index (χ1n) is 7.45. The first-order valence-corrected chi connectivity index (χ1v) is 7.45. The van der Waals surface area contributed by atoms with E-state index in [4.69, 9.17) is 13.9 Å². The summed E-state index contributed by atoms with van der Waals surface area (Å²) in [7, 11) is 3.18. The topological polar surface area (TPSA) is 48.7 Å². The molecule has 0 spiro atoms. The highest BCUT2D eigenvalue weighted by molar-refractivity contribution is 6.15. The molecule has 0 aliphatic carbocycles. The molecule has 0 saturated carbocycles. The van der Waals surface area contributed by atoms with E-state index in [-0.39, 0.29) is 5.78 Å². The molecule has 0 unspecified atom stereocenters. The van der Waals surface area contributed by atoms with Crippen LogP contribution in [0.1, 0.15) is 28.6 Å². The maximum absolute atomic E-state index is 12.9. The summed E-state index contributed by atoms with van der Waals surface area (Å²) < 4.78 is 16.3. The van der Waals surface area contributed by atoms with Crippen molar-refractivity contribution in [3.05, 3.63) is 59.4 Å². The number of rotatable bonds is 5. The summed E-state index contributed by atoms with van der Waals surface area (Å²) in [6.07, 6.45) is 0.771. The fourth-order valence-electron chi connectivity index (χ4n) is 2.54. The Morgan fingerprint density at radius 2 is 1.70 bits per heavy atom. The van der Waals surface area contributed by atoms with Crippen molar-refractivity contribution in [1.29, 1.82) is 0 Å². The number of hydrogen-bond acceptors (Lipinski definition) is 4. The second-order valence-electron chi connectivity index (χ2n) is 5.22. The van der Waals surface area contributed by atoms with Gasteiger partial charge in [0.2, 0.25) is 0 Å². The smallest absolute Gasteiger partial charge is 0.196 e. The molecule has 0 N–H and O–H groups in total. The van der Waals surface area contributed by atoms with Gasteiger partial charge in [0, 0.05) is 17.4 Å². The minimum absolute atomic E-state index is 0.103. The average molecular weight is 310 g/mol. The molecule has 1 heterocycles. The highest BCUT2D eigenvalue weighted by Crippen LogP contribution is 2.30. The third-order valence-electron chi connectivity index (χ3n) is 3.82. The van der Waals surface area contributed by atoms with E-state index in [1.807, 2.05) is 19.1 Å². The van der Waals surface area contributed by atoms with Crippen molar-refractivity contribution in [3.63, 3.8) is 0 Å². The predicted molar refractivity (Wildman–Crippen MR) is 88.6 cm³/mol. The number of ketones is 1. The van der Waals surface area contributed by atoms with Crippen molar-refractivity contribution in [2.24, 2.45) is 0 Å². The van der Waals surface area contributed by atoms with E-state index in [9.17, 15) is 4.79 Å². The van der Waals surface area contributed by atoms with Crippen LogP contribution in [-0.4, -0.2) is 20.0 Å². The van der Waals surface area contributed by atoms with Crippen LogP contribution in [0, 0.1) is 0 Å². The Balaban J connectivity index is 2.12. The zero-order valence-electron chi connectivity index (χ0n) is 13.4. The molecule has 4 nitrogen and oxygen atoms in total. The van der Waals surface area contributed by atoms with Gasteiger partial charge in [-0.15, -0.1) is 0 Å². The molecular formula is C19H18O4. The van der Waals surface area contributed by atoms with Gasteiger partial charge >= 0.3 is 0 Å². The predicted octanol–water partition coefficient (Wildman–Crippen LogP) is 4.24. The molecule has 3 aromatic rings. The molecule has 0 atom stereocenters. The molecule has 3 rings (SSSR count). The SMILES string of the molecule is CCc1cc2cc(OC)cc(C(=O)c3ccc(OC)cc3)c2o1. The third-order valence-corrected chi connectivity index (χ3v) is 3.82. The van der Waals surface area contributed by atoms with Crippen molar-refractivity contribution >= 4 is 16.8 Å². The van der Waals surface area contributed by atoms with Crippen LogP contribution >= 0.6 is 0 Å². The maximum atomic E-state index is 12.9. The van der Waals surface area contributed by atoms with Gasteiger partial charge in [-0.25, -0.2) is 0 Å². The molecule has 0 aliphatic rings. The normalized spacial score (nSPS) is 10.7. The van der Waals surface area contributed by atoms with E-state index in [0.717, 1.165) is 17.6 Å². The van der Waals surface area contributed by atoms with Crippen LogP contribution in [0.4, 0.5) is 0 Å². The second-order valence-corrected chi connectivity index (χ2v) is 5.22. The molecule has 2 aromatic carbocycles. The molecule has 0 bridgehead atoms. The van der Waals surface area contributed by atoms with Crippen LogP contribution in [0.3, 0.4) is 0 Å². The summed E-state index contributed by atoms with van der Waals surface area (Å²) in [5.74, 6) is 2.09. The van der Waals surface area contributed by atoms with Crippen LogP contribution in [0.2, 0.25) is 0 Å². The number of aryl methyl sites for hydroxylation is 1. The molecule has 1 aromatic heterocycles. The number of carbonyl (C=O) groups is 1. The van der Waals surface area contributed by atoms with Crippen LogP contribution in [0.25, 0.3) is 11.0 Å². The zero-order chi connectivity index (χ0) is 16.4. The van der Waals surface area contributed by atoms with E-state index in [2.05, 4.69) is 0 Å². The van der Waals surface area contributed by atoms with Gasteiger partial charge in [-0.2, -0.15) is 0 Å². The first kappa shape index (κ1) is 15.2. The number of furan rings is 1. The van der Waals surface area contributed by atoms with Crippen molar-refractivity contribution in [2.45, 2.75) is 13.3 Å². The summed E-state index contributed by atoms with van der Waals surface area (Å²) in [5.41, 5.74) is 1.68. The Kier molecular flexibility index (Phi) is 4.06. The van der Waals surface area contributed by atoms with Gasteiger partial charge < -0.3 is 13.9 Å². The number of ether oxygens (including phenoxy) is 2. The van der Waals surface area contributed by atoms with Crippen LogP contribution in [0.15, 0.2) is 46.9 Å². The van der Waals surface area contributed by atoms with Crippen molar-refractivity contribution in [2.75, 3.05) is 14.2 Å². The Hall–Kier alpha value is -2.75. The molecule has 4 heteroatoms. The van der Waals surface area contributed by atoms with Gasteiger partial charge in [-0.05, 0) is 42.5 Å². The van der Waals surface area contributed by atoms with Crippen molar-refractivity contribution in [3.8, 4) is 11.5 Å². The number of benzene rings is 2. The summed E-state index contributed by atoms with van der Waals surface area (Å²) in [6, 6.07) is 12.6. The Bertz CT molecular complexity index is 844. The number of methoxy groups -OCH3 is 2. The van der Waals surface area contributed by atoms with E-state index in [1.165, 1.54) is 0 Å². The lowest BCUT2D eigenvalue weighted by Gasteiger charge is -2.06. The third kappa shape index (κ3) is 2.80. The van der Waals surface area contributed by atoms with Crippen LogP contribution in [0.5, 0.6) is 11.5 Å². The van der Waals surface area contributed by atoms with E-state index in [0.29, 0.717) is 28.2 Å². The maximum Gasteiger partial charge on any atom is 0.196 e. The molecule has 0 radical (unpaired) electrons. The zero-order valence-corrected chi connectivity index (χ0v) is 13.4. The number of fused-ring (bicyclic) bond motifs is 1. The lowest BCUT2D eigenvalue weighted by Crippen LogP contribution is -2.02. The Morgan fingerprint density at radius 1 is 1.00 bits per heavy atom. The van der Waals surface area contributed by atoms with E-state index in [1.54, 1.807) is 44.6 Å². The van der Waals surface area contributed by atoms with Gasteiger partial charge in [0.05, 0.1) is 19.8 Å². The second kappa shape index (κ2) is 6.16.